The summed E-state index contributed by atoms with van der Waals surface area (Å²) in [6.45, 7) is 1.52. The summed E-state index contributed by atoms with van der Waals surface area (Å²) in [5.74, 6) is -0.596. The molecule has 162 valence electrons. The summed E-state index contributed by atoms with van der Waals surface area (Å²) in [6.07, 6.45) is -1.03. The van der Waals surface area contributed by atoms with E-state index in [1.54, 1.807) is 30.3 Å². The summed E-state index contributed by atoms with van der Waals surface area (Å²) < 4.78 is 12.3. The van der Waals surface area contributed by atoms with Crippen molar-refractivity contribution in [2.75, 3.05) is 12.4 Å². The number of carbonyl (C=O) groups excluding carboxylic acids is 2. The average molecular weight is 448 g/mol. The largest absolute Gasteiger partial charge is 0.495 e. The Morgan fingerprint density at radius 3 is 2.50 bits per heavy atom. The van der Waals surface area contributed by atoms with Gasteiger partial charge in [-0.25, -0.2) is 9.48 Å². The van der Waals surface area contributed by atoms with Crippen molar-refractivity contribution in [3.63, 3.8) is 0 Å². The van der Waals surface area contributed by atoms with E-state index in [4.69, 9.17) is 9.47 Å². The molecule has 0 bridgehead atoms. The number of esters is 1. The van der Waals surface area contributed by atoms with E-state index in [0.717, 1.165) is 4.88 Å². The first-order chi connectivity index (χ1) is 15.6. The van der Waals surface area contributed by atoms with Crippen molar-refractivity contribution in [1.82, 2.24) is 9.78 Å². The molecule has 0 spiro atoms. The number of anilines is 1. The number of carbonyl (C=O) groups is 2. The first-order valence-corrected chi connectivity index (χ1v) is 10.8. The van der Waals surface area contributed by atoms with Crippen molar-refractivity contribution in [2.45, 2.75) is 13.0 Å². The van der Waals surface area contributed by atoms with Crippen LogP contribution in [0.5, 0.6) is 5.75 Å². The van der Waals surface area contributed by atoms with E-state index in [0.29, 0.717) is 22.8 Å². The Kier molecular flexibility index (Phi) is 6.32. The van der Waals surface area contributed by atoms with Crippen LogP contribution in [0.25, 0.3) is 16.3 Å². The fourth-order valence-electron chi connectivity index (χ4n) is 3.09. The zero-order valence-electron chi connectivity index (χ0n) is 17.5. The van der Waals surface area contributed by atoms with E-state index >= 15 is 0 Å². The maximum absolute atomic E-state index is 13.0. The maximum atomic E-state index is 13.0. The quantitative estimate of drug-likeness (QED) is 0.412. The third-order valence-electron chi connectivity index (χ3n) is 4.71. The number of hydrogen-bond donors (Lipinski definition) is 1. The molecule has 4 aromatic rings. The van der Waals surface area contributed by atoms with E-state index < -0.39 is 18.0 Å². The minimum absolute atomic E-state index is 0.233. The van der Waals surface area contributed by atoms with Gasteiger partial charge < -0.3 is 14.8 Å². The topological polar surface area (TPSA) is 82.4 Å². The van der Waals surface area contributed by atoms with Gasteiger partial charge >= 0.3 is 5.97 Å². The Labute approximate surface area is 189 Å². The van der Waals surface area contributed by atoms with Crippen LogP contribution in [0.2, 0.25) is 0 Å². The molecule has 1 N–H and O–H groups in total. The third-order valence-corrected chi connectivity index (χ3v) is 5.60. The second-order valence-corrected chi connectivity index (χ2v) is 7.82. The number of rotatable bonds is 7. The summed E-state index contributed by atoms with van der Waals surface area (Å²) in [5.41, 5.74) is 2.10. The van der Waals surface area contributed by atoms with E-state index in [1.807, 2.05) is 47.8 Å². The molecule has 1 atom stereocenters. The second kappa shape index (κ2) is 9.49. The smallest absolute Gasteiger partial charge is 0.357 e. The van der Waals surface area contributed by atoms with Crippen LogP contribution >= 0.6 is 11.3 Å². The van der Waals surface area contributed by atoms with Gasteiger partial charge in [0.1, 0.15) is 11.4 Å². The highest BCUT2D eigenvalue weighted by Crippen LogP contribution is 2.27. The van der Waals surface area contributed by atoms with Gasteiger partial charge in [-0.15, -0.1) is 11.3 Å². The molecule has 4 rings (SSSR count). The molecular formula is C24H21N3O4S. The van der Waals surface area contributed by atoms with Crippen molar-refractivity contribution < 1.29 is 19.1 Å². The van der Waals surface area contributed by atoms with Gasteiger partial charge in [-0.1, -0.05) is 36.4 Å². The number of hydrogen-bond acceptors (Lipinski definition) is 6. The number of nitrogens with one attached hydrogen (secondary N) is 1. The molecule has 2 aromatic carbocycles. The lowest BCUT2D eigenvalue weighted by atomic mass is 10.2. The van der Waals surface area contributed by atoms with Crippen LogP contribution in [0, 0.1) is 0 Å². The zero-order chi connectivity index (χ0) is 22.5. The fraction of sp³-hybridized carbons (Fsp3) is 0.125. The minimum atomic E-state index is -1.03. The Balaban J connectivity index is 1.56. The molecule has 0 saturated carbocycles. The molecule has 8 heteroatoms. The fourth-order valence-corrected chi connectivity index (χ4v) is 3.78. The van der Waals surface area contributed by atoms with Crippen molar-refractivity contribution in [1.29, 1.82) is 0 Å². The monoisotopic (exact) mass is 447 g/mol. The van der Waals surface area contributed by atoms with Crippen LogP contribution in [0.1, 0.15) is 17.4 Å². The number of para-hydroxylation sites is 3. The number of thiophene rings is 1. The first kappa shape index (κ1) is 21.3. The van der Waals surface area contributed by atoms with Gasteiger partial charge in [-0.2, -0.15) is 5.10 Å². The van der Waals surface area contributed by atoms with E-state index in [-0.39, 0.29) is 5.69 Å². The van der Waals surface area contributed by atoms with Crippen molar-refractivity contribution in [3.8, 4) is 22.0 Å². The summed E-state index contributed by atoms with van der Waals surface area (Å²) in [4.78, 5) is 26.6. The Hall–Kier alpha value is -3.91. The summed E-state index contributed by atoms with van der Waals surface area (Å²) >= 11 is 1.52. The van der Waals surface area contributed by atoms with Crippen molar-refractivity contribution in [3.05, 3.63) is 83.9 Å². The van der Waals surface area contributed by atoms with E-state index in [9.17, 15) is 9.59 Å². The molecule has 2 aromatic heterocycles. The van der Waals surface area contributed by atoms with Gasteiger partial charge in [-0.05, 0) is 42.6 Å². The lowest BCUT2D eigenvalue weighted by molar-refractivity contribution is -0.123. The molecule has 0 saturated heterocycles. The Morgan fingerprint density at radius 2 is 1.78 bits per heavy atom. The summed E-state index contributed by atoms with van der Waals surface area (Å²) in [7, 11) is 1.52. The van der Waals surface area contributed by atoms with Gasteiger partial charge in [0.25, 0.3) is 5.91 Å². The van der Waals surface area contributed by atoms with Gasteiger partial charge in [0.2, 0.25) is 0 Å². The van der Waals surface area contributed by atoms with Crippen molar-refractivity contribution in [2.24, 2.45) is 0 Å². The molecule has 32 heavy (non-hydrogen) atoms. The summed E-state index contributed by atoms with van der Waals surface area (Å²) in [5, 5.41) is 9.27. The van der Waals surface area contributed by atoms with E-state index in [2.05, 4.69) is 10.4 Å². The minimum Gasteiger partial charge on any atom is -0.495 e. The molecule has 0 aliphatic heterocycles. The highest BCUT2D eigenvalue weighted by atomic mass is 32.1. The van der Waals surface area contributed by atoms with Crippen LogP contribution in [0.4, 0.5) is 5.69 Å². The number of nitrogens with zero attached hydrogens (tertiary/aromatic N) is 2. The second-order valence-electron chi connectivity index (χ2n) is 6.88. The normalized spacial score (nSPS) is 11.6. The zero-order valence-corrected chi connectivity index (χ0v) is 18.3. The van der Waals surface area contributed by atoms with Crippen LogP contribution in [0.3, 0.4) is 0 Å². The SMILES string of the molecule is COc1ccccc1NC(=O)C(C)OC(=O)c1cc(-c2cccs2)nn1-c1ccccc1. The highest BCUT2D eigenvalue weighted by molar-refractivity contribution is 7.13. The molecule has 1 unspecified atom stereocenters. The summed E-state index contributed by atoms with van der Waals surface area (Å²) in [6, 6.07) is 21.8. The van der Waals surface area contributed by atoms with Crippen molar-refractivity contribution >= 4 is 28.9 Å². The molecular weight excluding hydrogens is 426 g/mol. The molecule has 0 fully saturated rings. The Morgan fingerprint density at radius 1 is 1.03 bits per heavy atom. The van der Waals surface area contributed by atoms with E-state index in [1.165, 1.54) is 30.1 Å². The molecule has 0 aliphatic rings. The van der Waals surface area contributed by atoms with Crippen LogP contribution in [0.15, 0.2) is 78.2 Å². The van der Waals surface area contributed by atoms with Gasteiger partial charge in [0.15, 0.2) is 11.8 Å². The van der Waals surface area contributed by atoms with Crippen LogP contribution in [-0.4, -0.2) is 34.9 Å². The van der Waals surface area contributed by atoms with Gasteiger partial charge in [-0.3, -0.25) is 4.79 Å². The number of amides is 1. The maximum Gasteiger partial charge on any atom is 0.357 e. The number of methoxy groups -OCH3 is 1. The average Bonchev–Trinajstić information content (AvgIpc) is 3.50. The number of aromatic nitrogens is 2. The van der Waals surface area contributed by atoms with Crippen LogP contribution in [-0.2, 0) is 9.53 Å². The lowest BCUT2D eigenvalue weighted by Crippen LogP contribution is -2.30. The molecule has 1 amide bonds. The number of benzene rings is 2. The predicted octanol–water partition coefficient (Wildman–Crippen LogP) is 4.79. The predicted molar refractivity (Wildman–Crippen MR) is 123 cm³/mol. The highest BCUT2D eigenvalue weighted by Gasteiger charge is 2.24. The molecule has 0 aliphatic carbocycles. The third kappa shape index (κ3) is 4.55. The van der Waals surface area contributed by atoms with Gasteiger partial charge in [0.05, 0.1) is 23.4 Å². The standard InChI is InChI=1S/C24H21N3O4S/c1-16(23(28)25-18-11-6-7-12-21(18)30-2)31-24(29)20-15-19(22-13-8-14-32-22)26-27(20)17-9-4-3-5-10-17/h3-16H,1-2H3,(H,25,28). The number of ether oxygens (including phenoxy) is 2. The Bertz CT molecular complexity index is 1220. The van der Waals surface area contributed by atoms with Crippen LogP contribution < -0.4 is 10.1 Å². The molecule has 7 nitrogen and oxygen atoms in total. The van der Waals surface area contributed by atoms with Gasteiger partial charge in [0, 0.05) is 6.07 Å². The molecule has 2 heterocycles. The lowest BCUT2D eigenvalue weighted by Gasteiger charge is -2.15. The first-order valence-electron chi connectivity index (χ1n) is 9.91. The molecule has 0 radical (unpaired) electrons.